The van der Waals surface area contributed by atoms with Crippen LogP contribution in [-0.2, 0) is 23.9 Å². The van der Waals surface area contributed by atoms with Crippen LogP contribution in [0.1, 0.15) is 56.5 Å². The van der Waals surface area contributed by atoms with Crippen LogP contribution in [0.3, 0.4) is 0 Å². The standard InChI is InChI=1S/C31H38N4O6/c1-6-40-26(36)17-16-25(31(39)41-7-2)32-30(38)27(20(3)4)33-29(37)24-19-35(23-14-9-8-10-15-23)34-28(24)22-13-11-12-21(5)18-22/h8-15,18-20,25,27H,6-7,16-17H2,1-5H3,(H,32,38)(H,33,37)/t25-,27-/m0/s1/i/hD. The van der Waals surface area contributed by atoms with Crippen LogP contribution < -0.4 is 10.6 Å². The van der Waals surface area contributed by atoms with E-state index in [2.05, 4.69) is 10.4 Å². The molecule has 3 aromatic rings. The highest BCUT2D eigenvalue weighted by atomic mass is 16.5. The number of ether oxygens (including phenoxy) is 2. The van der Waals surface area contributed by atoms with Gasteiger partial charge in [-0.2, -0.15) is 5.10 Å². The third kappa shape index (κ3) is 8.51. The molecule has 2 N–H and O–H groups in total. The maximum atomic E-state index is 13.9. The van der Waals surface area contributed by atoms with E-state index in [1.165, 1.54) is 0 Å². The van der Waals surface area contributed by atoms with Crippen LogP contribution in [0.2, 0.25) is 1.41 Å². The summed E-state index contributed by atoms with van der Waals surface area (Å²) in [7, 11) is 0. The SMILES string of the molecule is [2H]N(C(=O)c1cn(-c2ccccc2)nc1-c1cccc(C)c1)[C@H](C(=O)N[C@@H](CCC(=O)OCC)C(=O)OCC)C(C)C. The molecule has 10 nitrogen and oxygen atoms in total. The van der Waals surface area contributed by atoms with Gasteiger partial charge in [-0.15, -0.1) is 0 Å². The van der Waals surface area contributed by atoms with Crippen LogP contribution in [0.4, 0.5) is 0 Å². The molecule has 0 saturated carbocycles. The molecule has 2 aromatic carbocycles. The lowest BCUT2D eigenvalue weighted by atomic mass is 10.0. The number of aromatic nitrogens is 2. The van der Waals surface area contributed by atoms with E-state index in [1.807, 2.05) is 61.5 Å². The number of hydrogen-bond acceptors (Lipinski definition) is 7. The second-order valence-corrected chi connectivity index (χ2v) is 9.82. The van der Waals surface area contributed by atoms with Crippen molar-refractivity contribution >= 4 is 23.8 Å². The molecule has 0 fully saturated rings. The molecular weight excluding hydrogens is 524 g/mol. The van der Waals surface area contributed by atoms with Crippen LogP contribution in [0.25, 0.3) is 16.9 Å². The Bertz CT molecular complexity index is 1390. The predicted octanol–water partition coefficient (Wildman–Crippen LogP) is 3.99. The minimum atomic E-state index is -1.26. The first-order valence-corrected chi connectivity index (χ1v) is 13.7. The number of esters is 2. The number of nitrogens with zero attached hydrogens (tertiary/aromatic N) is 2. The van der Waals surface area contributed by atoms with E-state index in [0.29, 0.717) is 16.6 Å². The predicted molar refractivity (Wildman–Crippen MR) is 154 cm³/mol. The fourth-order valence-corrected chi connectivity index (χ4v) is 4.20. The van der Waals surface area contributed by atoms with Gasteiger partial charge in [-0.25, -0.2) is 9.48 Å². The number of benzene rings is 2. The molecule has 2 atom stereocenters. The van der Waals surface area contributed by atoms with Crippen molar-refractivity contribution in [3.8, 4) is 16.9 Å². The minimum absolute atomic E-state index is 0.0540. The summed E-state index contributed by atoms with van der Waals surface area (Å²) in [5.74, 6) is -3.18. The van der Waals surface area contributed by atoms with E-state index in [1.54, 1.807) is 38.6 Å². The summed E-state index contributed by atoms with van der Waals surface area (Å²) in [6, 6.07) is 14.3. The van der Waals surface area contributed by atoms with Gasteiger partial charge < -0.3 is 20.1 Å². The molecule has 0 saturated heterocycles. The highest BCUT2D eigenvalue weighted by molar-refractivity contribution is 6.02. The zero-order valence-corrected chi connectivity index (χ0v) is 24.1. The third-order valence-corrected chi connectivity index (χ3v) is 6.24. The van der Waals surface area contributed by atoms with Gasteiger partial charge in [0.25, 0.3) is 5.91 Å². The van der Waals surface area contributed by atoms with Gasteiger partial charge in [-0.3, -0.25) is 14.4 Å². The van der Waals surface area contributed by atoms with Crippen molar-refractivity contribution in [2.75, 3.05) is 13.2 Å². The zero-order chi connectivity index (χ0) is 30.8. The molecule has 41 heavy (non-hydrogen) atoms. The van der Waals surface area contributed by atoms with Crippen LogP contribution in [0.15, 0.2) is 60.8 Å². The summed E-state index contributed by atoms with van der Waals surface area (Å²) in [6.07, 6.45) is 1.38. The highest BCUT2D eigenvalue weighted by Crippen LogP contribution is 2.25. The molecule has 0 aliphatic heterocycles. The Labute approximate surface area is 241 Å². The van der Waals surface area contributed by atoms with Gasteiger partial charge in [0.15, 0.2) is 1.41 Å². The van der Waals surface area contributed by atoms with Crippen LogP contribution in [0.5, 0.6) is 0 Å². The van der Waals surface area contributed by atoms with Gasteiger partial charge in [0, 0.05) is 18.2 Å². The summed E-state index contributed by atoms with van der Waals surface area (Å²) < 4.78 is 20.4. The van der Waals surface area contributed by atoms with E-state index >= 15 is 0 Å². The molecule has 10 heteroatoms. The molecule has 0 radical (unpaired) electrons. The second-order valence-electron chi connectivity index (χ2n) is 9.82. The minimum Gasteiger partial charge on any atom is -0.466 e. The van der Waals surface area contributed by atoms with Crippen LogP contribution in [-0.4, -0.2) is 58.8 Å². The lowest BCUT2D eigenvalue weighted by molar-refractivity contribution is -0.149. The first-order chi connectivity index (χ1) is 20.1. The Balaban J connectivity index is 1.94. The number of aryl methyl sites for hydroxylation is 1. The van der Waals surface area contributed by atoms with E-state index in [9.17, 15) is 19.2 Å². The number of nitrogens with one attached hydrogen (secondary N) is 2. The average Bonchev–Trinajstić information content (AvgIpc) is 3.41. The maximum absolute atomic E-state index is 13.9. The lowest BCUT2D eigenvalue weighted by Gasteiger charge is -2.24. The van der Waals surface area contributed by atoms with Gasteiger partial charge >= 0.3 is 11.9 Å². The van der Waals surface area contributed by atoms with Crippen molar-refractivity contribution in [3.63, 3.8) is 0 Å². The van der Waals surface area contributed by atoms with Crippen molar-refractivity contribution in [3.05, 3.63) is 71.9 Å². The van der Waals surface area contributed by atoms with Crippen molar-refractivity contribution < 1.29 is 30.1 Å². The Morgan fingerprint density at radius 2 is 1.71 bits per heavy atom. The van der Waals surface area contributed by atoms with Crippen molar-refractivity contribution in [1.29, 1.82) is 0 Å². The molecule has 1 heterocycles. The van der Waals surface area contributed by atoms with E-state index in [4.69, 9.17) is 10.9 Å². The molecule has 3 rings (SSSR count). The van der Waals surface area contributed by atoms with Crippen LogP contribution >= 0.6 is 0 Å². The monoisotopic (exact) mass is 563 g/mol. The van der Waals surface area contributed by atoms with Crippen molar-refractivity contribution in [1.82, 2.24) is 20.4 Å². The average molecular weight is 564 g/mol. The summed E-state index contributed by atoms with van der Waals surface area (Å²) in [4.78, 5) is 51.9. The Kier molecular flexibility index (Phi) is 10.6. The molecule has 218 valence electrons. The molecule has 2 amide bonds. The van der Waals surface area contributed by atoms with Gasteiger partial charge in [0.1, 0.15) is 17.8 Å². The third-order valence-electron chi connectivity index (χ3n) is 6.24. The first-order valence-electron chi connectivity index (χ1n) is 14.2. The summed E-state index contributed by atoms with van der Waals surface area (Å²) in [5.41, 5.74) is 2.89. The van der Waals surface area contributed by atoms with E-state index in [0.717, 1.165) is 11.3 Å². The summed E-state index contributed by atoms with van der Waals surface area (Å²) in [6.45, 7) is 8.89. The van der Waals surface area contributed by atoms with Crippen molar-refractivity contribution in [2.24, 2.45) is 5.92 Å². The molecule has 0 spiro atoms. The van der Waals surface area contributed by atoms with Crippen molar-refractivity contribution in [2.45, 2.75) is 59.5 Å². The van der Waals surface area contributed by atoms with E-state index < -0.39 is 41.8 Å². The Morgan fingerprint density at radius 3 is 2.34 bits per heavy atom. The van der Waals surface area contributed by atoms with Gasteiger partial charge in [0.2, 0.25) is 5.91 Å². The lowest BCUT2D eigenvalue weighted by Crippen LogP contribution is -2.54. The quantitative estimate of drug-likeness (QED) is 0.301. The van der Waals surface area contributed by atoms with Gasteiger partial charge in [-0.1, -0.05) is 55.8 Å². The van der Waals surface area contributed by atoms with Crippen LogP contribution in [0, 0.1) is 12.8 Å². The topological polar surface area (TPSA) is 129 Å². The fraction of sp³-hybridized carbons (Fsp3) is 0.387. The largest absolute Gasteiger partial charge is 0.466 e. The molecule has 0 unspecified atom stereocenters. The second kappa shape index (κ2) is 14.8. The van der Waals surface area contributed by atoms with E-state index in [-0.39, 0.29) is 31.6 Å². The fourth-order valence-electron chi connectivity index (χ4n) is 4.20. The smallest absolute Gasteiger partial charge is 0.328 e. The summed E-state index contributed by atoms with van der Waals surface area (Å²) >= 11 is 0. The molecule has 0 bridgehead atoms. The number of hydrogen-bond donors (Lipinski definition) is 2. The molecule has 0 aliphatic rings. The van der Waals surface area contributed by atoms with Gasteiger partial charge in [-0.05, 0) is 51.3 Å². The number of carbonyl (C=O) groups excluding carboxylic acids is 4. The molecular formula is C31H38N4O6. The number of amides is 2. The zero-order valence-electron chi connectivity index (χ0n) is 25.1. The normalized spacial score (nSPS) is 12.7. The highest BCUT2D eigenvalue weighted by Gasteiger charge is 2.31. The number of carbonyl (C=O) groups is 4. The maximum Gasteiger partial charge on any atom is 0.328 e. The van der Waals surface area contributed by atoms with Gasteiger partial charge in [0.05, 0.1) is 24.5 Å². The number of rotatable bonds is 13. The Morgan fingerprint density at radius 1 is 1.00 bits per heavy atom. The summed E-state index contributed by atoms with van der Waals surface area (Å²) in [5, 5.41) is 7.89. The molecule has 1 aromatic heterocycles. The number of para-hydroxylation sites is 1. The Hall–Kier alpha value is -4.47. The first kappa shape index (κ1) is 29.5. The molecule has 0 aliphatic carbocycles.